The quantitative estimate of drug-likeness (QED) is 0.769. The number of benzene rings is 1. The number of carbonyl (C=O) groups excluding carboxylic acids is 1. The van der Waals surface area contributed by atoms with Crippen molar-refractivity contribution in [2.24, 2.45) is 0 Å². The number of carbonyl (C=O) groups is 1. The standard InChI is InChI=1S/C14H13ClO2S/c1-8-12(9(2)16)13(18-14(8)15)10-4-6-11(17-3)7-5-10/h4-7H,1-3H3. The molecule has 4 heteroatoms. The summed E-state index contributed by atoms with van der Waals surface area (Å²) in [5, 5.41) is 0. The van der Waals surface area contributed by atoms with Crippen molar-refractivity contribution in [3.05, 3.63) is 39.7 Å². The third kappa shape index (κ3) is 2.28. The van der Waals surface area contributed by atoms with Gasteiger partial charge in [0.25, 0.3) is 0 Å². The van der Waals surface area contributed by atoms with Crippen LogP contribution in [0.15, 0.2) is 24.3 Å². The predicted octanol–water partition coefficient (Wildman–Crippen LogP) is 4.59. The molecule has 0 N–H and O–H groups in total. The van der Waals surface area contributed by atoms with Gasteiger partial charge in [-0.1, -0.05) is 11.6 Å². The monoisotopic (exact) mass is 280 g/mol. The first-order valence-electron chi connectivity index (χ1n) is 5.49. The van der Waals surface area contributed by atoms with E-state index in [0.29, 0.717) is 4.34 Å². The van der Waals surface area contributed by atoms with Gasteiger partial charge in [-0.2, -0.15) is 0 Å². The highest BCUT2D eigenvalue weighted by Gasteiger charge is 2.18. The minimum absolute atomic E-state index is 0.0430. The van der Waals surface area contributed by atoms with Crippen molar-refractivity contribution in [1.29, 1.82) is 0 Å². The summed E-state index contributed by atoms with van der Waals surface area (Å²) in [7, 11) is 1.63. The van der Waals surface area contributed by atoms with Gasteiger partial charge in [-0.25, -0.2) is 0 Å². The summed E-state index contributed by atoms with van der Waals surface area (Å²) in [4.78, 5) is 12.6. The van der Waals surface area contributed by atoms with Crippen LogP contribution in [0.5, 0.6) is 5.75 Å². The van der Waals surface area contributed by atoms with Crippen LogP contribution >= 0.6 is 22.9 Å². The largest absolute Gasteiger partial charge is 0.497 e. The lowest BCUT2D eigenvalue weighted by atomic mass is 10.0. The van der Waals surface area contributed by atoms with Gasteiger partial charge in [0.2, 0.25) is 0 Å². The number of thiophene rings is 1. The molecule has 0 saturated carbocycles. The number of methoxy groups -OCH3 is 1. The Morgan fingerprint density at radius 3 is 2.39 bits per heavy atom. The average Bonchev–Trinajstić information content (AvgIpc) is 2.66. The molecule has 1 heterocycles. The summed E-state index contributed by atoms with van der Waals surface area (Å²) >= 11 is 7.57. The lowest BCUT2D eigenvalue weighted by molar-refractivity contribution is 0.101. The highest BCUT2D eigenvalue weighted by atomic mass is 35.5. The van der Waals surface area contributed by atoms with Gasteiger partial charge in [0.05, 0.1) is 11.4 Å². The van der Waals surface area contributed by atoms with Gasteiger partial charge in [-0.05, 0) is 49.2 Å². The second-order valence-electron chi connectivity index (χ2n) is 3.99. The van der Waals surface area contributed by atoms with Crippen molar-refractivity contribution in [3.63, 3.8) is 0 Å². The van der Waals surface area contributed by atoms with Crippen molar-refractivity contribution >= 4 is 28.7 Å². The van der Waals surface area contributed by atoms with Crippen LogP contribution in [0, 0.1) is 6.92 Å². The summed E-state index contributed by atoms with van der Waals surface area (Å²) in [5.74, 6) is 0.837. The average molecular weight is 281 g/mol. The molecule has 18 heavy (non-hydrogen) atoms. The summed E-state index contributed by atoms with van der Waals surface area (Å²) in [6, 6.07) is 7.63. The molecule has 2 aromatic rings. The molecule has 2 rings (SSSR count). The van der Waals surface area contributed by atoms with Crippen LogP contribution in [-0.4, -0.2) is 12.9 Å². The molecular weight excluding hydrogens is 268 g/mol. The first-order valence-corrected chi connectivity index (χ1v) is 6.68. The van der Waals surface area contributed by atoms with Crippen LogP contribution in [-0.2, 0) is 0 Å². The van der Waals surface area contributed by atoms with Crippen LogP contribution in [0.4, 0.5) is 0 Å². The van der Waals surface area contributed by atoms with Crippen LogP contribution < -0.4 is 4.74 Å². The molecule has 0 saturated heterocycles. The van der Waals surface area contributed by atoms with Crippen molar-refractivity contribution in [2.45, 2.75) is 13.8 Å². The minimum atomic E-state index is 0.0430. The van der Waals surface area contributed by atoms with E-state index < -0.39 is 0 Å². The number of Topliss-reactive ketones (excluding diaryl/α,β-unsaturated/α-hetero) is 1. The van der Waals surface area contributed by atoms with E-state index >= 15 is 0 Å². The maximum Gasteiger partial charge on any atom is 0.161 e. The summed E-state index contributed by atoms with van der Waals surface area (Å²) in [6.07, 6.45) is 0. The molecule has 0 spiro atoms. The lowest BCUT2D eigenvalue weighted by Gasteiger charge is -2.04. The molecule has 1 aromatic carbocycles. The van der Waals surface area contributed by atoms with Gasteiger partial charge in [0.1, 0.15) is 5.75 Å². The molecule has 1 aromatic heterocycles. The van der Waals surface area contributed by atoms with Crippen LogP contribution in [0.3, 0.4) is 0 Å². The van der Waals surface area contributed by atoms with E-state index in [1.807, 2.05) is 31.2 Å². The molecule has 2 nitrogen and oxygen atoms in total. The summed E-state index contributed by atoms with van der Waals surface area (Å²) in [5.41, 5.74) is 2.57. The van der Waals surface area contributed by atoms with Gasteiger partial charge < -0.3 is 4.74 Å². The molecule has 0 radical (unpaired) electrons. The van der Waals surface area contributed by atoms with Gasteiger partial charge in [0, 0.05) is 10.4 Å². The van der Waals surface area contributed by atoms with E-state index in [1.54, 1.807) is 14.0 Å². The van der Waals surface area contributed by atoms with Crippen molar-refractivity contribution in [3.8, 4) is 16.2 Å². The maximum absolute atomic E-state index is 11.7. The van der Waals surface area contributed by atoms with Crippen LogP contribution in [0.1, 0.15) is 22.8 Å². The molecule has 0 fully saturated rings. The van der Waals surface area contributed by atoms with Crippen molar-refractivity contribution in [2.75, 3.05) is 7.11 Å². The predicted molar refractivity (Wildman–Crippen MR) is 76.1 cm³/mol. The fourth-order valence-electron chi connectivity index (χ4n) is 1.86. The Morgan fingerprint density at radius 2 is 1.89 bits per heavy atom. The topological polar surface area (TPSA) is 26.3 Å². The molecule has 0 bridgehead atoms. The van der Waals surface area contributed by atoms with Crippen molar-refractivity contribution < 1.29 is 9.53 Å². The Bertz CT molecular complexity index is 585. The molecule has 94 valence electrons. The van der Waals surface area contributed by atoms with Crippen LogP contribution in [0.25, 0.3) is 10.4 Å². The van der Waals surface area contributed by atoms with Gasteiger partial charge in [0.15, 0.2) is 5.78 Å². The van der Waals surface area contributed by atoms with Gasteiger partial charge >= 0.3 is 0 Å². The van der Waals surface area contributed by atoms with Gasteiger partial charge in [-0.15, -0.1) is 11.3 Å². The highest BCUT2D eigenvalue weighted by Crippen LogP contribution is 2.39. The van der Waals surface area contributed by atoms with E-state index in [0.717, 1.165) is 27.3 Å². The number of hydrogen-bond acceptors (Lipinski definition) is 3. The molecular formula is C14H13ClO2S. The Balaban J connectivity index is 2.56. The second kappa shape index (κ2) is 5.12. The lowest BCUT2D eigenvalue weighted by Crippen LogP contribution is -1.94. The van der Waals surface area contributed by atoms with E-state index in [4.69, 9.17) is 16.3 Å². The normalized spacial score (nSPS) is 10.4. The van der Waals surface area contributed by atoms with E-state index in [-0.39, 0.29) is 5.78 Å². The minimum Gasteiger partial charge on any atom is -0.497 e. The highest BCUT2D eigenvalue weighted by molar-refractivity contribution is 7.20. The second-order valence-corrected chi connectivity index (χ2v) is 5.61. The van der Waals surface area contributed by atoms with Gasteiger partial charge in [-0.3, -0.25) is 4.79 Å². The zero-order chi connectivity index (χ0) is 13.3. The third-order valence-corrected chi connectivity index (χ3v) is 4.44. The number of rotatable bonds is 3. The number of hydrogen-bond donors (Lipinski definition) is 0. The molecule has 0 aliphatic rings. The Labute approximate surface area is 115 Å². The molecule has 0 aliphatic heterocycles. The zero-order valence-corrected chi connectivity index (χ0v) is 12.0. The Morgan fingerprint density at radius 1 is 1.28 bits per heavy atom. The van der Waals surface area contributed by atoms with Crippen molar-refractivity contribution in [1.82, 2.24) is 0 Å². The maximum atomic E-state index is 11.7. The zero-order valence-electron chi connectivity index (χ0n) is 10.4. The first-order chi connectivity index (χ1) is 8.54. The molecule has 0 unspecified atom stereocenters. The Hall–Kier alpha value is -1.32. The summed E-state index contributed by atoms with van der Waals surface area (Å²) in [6.45, 7) is 3.45. The Kier molecular flexibility index (Phi) is 3.73. The number of halogens is 1. The molecule has 0 amide bonds. The number of ether oxygens (including phenoxy) is 1. The molecule has 0 atom stereocenters. The SMILES string of the molecule is COc1ccc(-c2sc(Cl)c(C)c2C(C)=O)cc1. The molecule has 0 aliphatic carbocycles. The van der Waals surface area contributed by atoms with E-state index in [1.165, 1.54) is 11.3 Å². The fraction of sp³-hybridized carbons (Fsp3) is 0.214. The number of ketones is 1. The van der Waals surface area contributed by atoms with Crippen LogP contribution in [0.2, 0.25) is 4.34 Å². The third-order valence-electron chi connectivity index (χ3n) is 2.79. The van der Waals surface area contributed by atoms with E-state index in [2.05, 4.69) is 0 Å². The van der Waals surface area contributed by atoms with E-state index in [9.17, 15) is 4.79 Å². The smallest absolute Gasteiger partial charge is 0.161 e. The fourth-order valence-corrected chi connectivity index (χ4v) is 3.27. The summed E-state index contributed by atoms with van der Waals surface area (Å²) < 4.78 is 5.79. The first kappa shape index (κ1) is 13.1.